The lowest BCUT2D eigenvalue weighted by molar-refractivity contribution is 0.189. The molecule has 0 aliphatic carbocycles. The second-order valence-electron chi connectivity index (χ2n) is 5.73. The number of thiocarbonyl (C=S) groups is 1. The van der Waals surface area contributed by atoms with Gasteiger partial charge in [-0.25, -0.2) is 9.67 Å². The second-order valence-corrected chi connectivity index (χ2v) is 6.20. The van der Waals surface area contributed by atoms with Crippen LogP contribution in [0.1, 0.15) is 32.5 Å². The minimum absolute atomic E-state index is 0.352. The lowest BCUT2D eigenvalue weighted by Crippen LogP contribution is -2.40. The molecule has 19 heavy (non-hydrogen) atoms. The van der Waals surface area contributed by atoms with Gasteiger partial charge in [0.1, 0.15) is 12.2 Å². The normalized spacial score (nSPS) is 20.9. The molecule has 0 radical (unpaired) electrons. The van der Waals surface area contributed by atoms with Gasteiger partial charge in [0.25, 0.3) is 0 Å². The maximum Gasteiger partial charge on any atom is 0.141 e. The zero-order chi connectivity index (χ0) is 13.8. The van der Waals surface area contributed by atoms with Gasteiger partial charge in [0, 0.05) is 19.0 Å². The van der Waals surface area contributed by atoms with Crippen molar-refractivity contribution in [2.45, 2.75) is 39.8 Å². The third-order valence-electron chi connectivity index (χ3n) is 3.51. The Kier molecular flexibility index (Phi) is 4.87. The summed E-state index contributed by atoms with van der Waals surface area (Å²) < 4.78 is 2.01. The SMILES string of the molecule is CC(C)Cn1ncnc1CN1CCCC(C(N)=S)C1. The highest BCUT2D eigenvalue weighted by molar-refractivity contribution is 7.80. The summed E-state index contributed by atoms with van der Waals surface area (Å²) >= 11 is 5.12. The molecule has 1 atom stereocenters. The quantitative estimate of drug-likeness (QED) is 0.827. The van der Waals surface area contributed by atoms with Crippen LogP contribution < -0.4 is 5.73 Å². The van der Waals surface area contributed by atoms with Crippen molar-refractivity contribution >= 4 is 17.2 Å². The molecule has 0 aromatic carbocycles. The highest BCUT2D eigenvalue weighted by Crippen LogP contribution is 2.18. The molecule has 5 nitrogen and oxygen atoms in total. The van der Waals surface area contributed by atoms with Gasteiger partial charge in [0.15, 0.2) is 0 Å². The van der Waals surface area contributed by atoms with E-state index in [0.717, 1.165) is 44.8 Å². The third kappa shape index (κ3) is 3.98. The van der Waals surface area contributed by atoms with Crippen LogP contribution in [-0.2, 0) is 13.1 Å². The molecule has 1 aliphatic rings. The molecular formula is C13H23N5S. The molecule has 6 heteroatoms. The monoisotopic (exact) mass is 281 g/mol. The zero-order valence-electron chi connectivity index (χ0n) is 11.7. The van der Waals surface area contributed by atoms with Crippen molar-refractivity contribution in [3.05, 3.63) is 12.2 Å². The molecule has 1 aromatic heterocycles. The fraction of sp³-hybridized carbons (Fsp3) is 0.769. The fourth-order valence-electron chi connectivity index (χ4n) is 2.54. The minimum atomic E-state index is 0.352. The first kappa shape index (κ1) is 14.4. The summed E-state index contributed by atoms with van der Waals surface area (Å²) in [7, 11) is 0. The van der Waals surface area contributed by atoms with Crippen molar-refractivity contribution in [2.24, 2.45) is 17.6 Å². The van der Waals surface area contributed by atoms with Crippen molar-refractivity contribution in [1.29, 1.82) is 0 Å². The first-order valence-electron chi connectivity index (χ1n) is 6.94. The predicted molar refractivity (Wildman–Crippen MR) is 79.6 cm³/mol. The van der Waals surface area contributed by atoms with Crippen molar-refractivity contribution in [1.82, 2.24) is 19.7 Å². The summed E-state index contributed by atoms with van der Waals surface area (Å²) in [5.41, 5.74) is 5.77. The van der Waals surface area contributed by atoms with E-state index in [2.05, 4.69) is 28.8 Å². The lowest BCUT2D eigenvalue weighted by atomic mass is 9.98. The summed E-state index contributed by atoms with van der Waals surface area (Å²) in [5, 5.41) is 4.30. The van der Waals surface area contributed by atoms with Crippen molar-refractivity contribution in [2.75, 3.05) is 13.1 Å². The van der Waals surface area contributed by atoms with Gasteiger partial charge in [-0.2, -0.15) is 5.10 Å². The average Bonchev–Trinajstić information content (AvgIpc) is 2.76. The van der Waals surface area contributed by atoms with E-state index in [0.29, 0.717) is 16.8 Å². The average molecular weight is 281 g/mol. The number of nitrogens with zero attached hydrogens (tertiary/aromatic N) is 4. The van der Waals surface area contributed by atoms with Crippen molar-refractivity contribution < 1.29 is 0 Å². The summed E-state index contributed by atoms with van der Waals surface area (Å²) in [5.74, 6) is 1.97. The van der Waals surface area contributed by atoms with E-state index in [1.54, 1.807) is 6.33 Å². The van der Waals surface area contributed by atoms with Crippen LogP contribution >= 0.6 is 12.2 Å². The van der Waals surface area contributed by atoms with Crippen LogP contribution in [0.15, 0.2) is 6.33 Å². The van der Waals surface area contributed by atoms with Crippen LogP contribution in [0.4, 0.5) is 0 Å². The van der Waals surface area contributed by atoms with E-state index in [1.165, 1.54) is 0 Å². The van der Waals surface area contributed by atoms with Crippen LogP contribution in [0.2, 0.25) is 0 Å². The molecule has 1 aromatic rings. The van der Waals surface area contributed by atoms with Gasteiger partial charge < -0.3 is 5.73 Å². The smallest absolute Gasteiger partial charge is 0.141 e. The zero-order valence-corrected chi connectivity index (χ0v) is 12.6. The molecule has 2 rings (SSSR count). The Hall–Kier alpha value is -1.01. The molecule has 1 unspecified atom stereocenters. The molecule has 1 fully saturated rings. The third-order valence-corrected chi connectivity index (χ3v) is 3.84. The number of nitrogens with two attached hydrogens (primary N) is 1. The van der Waals surface area contributed by atoms with E-state index in [1.807, 2.05) is 4.68 Å². The molecule has 0 saturated carbocycles. The van der Waals surface area contributed by atoms with E-state index < -0.39 is 0 Å². The van der Waals surface area contributed by atoms with E-state index in [9.17, 15) is 0 Å². The largest absolute Gasteiger partial charge is 0.393 e. The summed E-state index contributed by atoms with van der Waals surface area (Å²) in [6, 6.07) is 0. The van der Waals surface area contributed by atoms with Gasteiger partial charge in [0.2, 0.25) is 0 Å². The Morgan fingerprint density at radius 2 is 2.37 bits per heavy atom. The Bertz CT molecular complexity index is 428. The first-order valence-corrected chi connectivity index (χ1v) is 7.35. The maximum atomic E-state index is 5.77. The molecule has 0 spiro atoms. The second kappa shape index (κ2) is 6.43. The molecule has 2 heterocycles. The summed E-state index contributed by atoms with van der Waals surface area (Å²) in [4.78, 5) is 7.41. The Balaban J connectivity index is 1.97. The van der Waals surface area contributed by atoms with Crippen LogP contribution in [-0.4, -0.2) is 37.7 Å². The lowest BCUT2D eigenvalue weighted by Gasteiger charge is -2.31. The molecule has 106 valence electrons. The van der Waals surface area contributed by atoms with Gasteiger partial charge in [-0.05, 0) is 25.3 Å². The number of aromatic nitrogens is 3. The highest BCUT2D eigenvalue weighted by Gasteiger charge is 2.23. The summed E-state index contributed by atoms with van der Waals surface area (Å²) in [6.45, 7) is 8.18. The molecule has 2 N–H and O–H groups in total. The number of likely N-dealkylation sites (tertiary alicyclic amines) is 1. The van der Waals surface area contributed by atoms with E-state index in [-0.39, 0.29) is 0 Å². The number of piperidine rings is 1. The number of hydrogen-bond acceptors (Lipinski definition) is 4. The Labute approximate surface area is 120 Å². The minimum Gasteiger partial charge on any atom is -0.393 e. The van der Waals surface area contributed by atoms with E-state index in [4.69, 9.17) is 18.0 Å². The Morgan fingerprint density at radius 3 is 3.05 bits per heavy atom. The molecule has 1 saturated heterocycles. The van der Waals surface area contributed by atoms with Gasteiger partial charge in [0.05, 0.1) is 11.5 Å². The van der Waals surface area contributed by atoms with Gasteiger partial charge in [-0.1, -0.05) is 26.1 Å². The first-order chi connectivity index (χ1) is 9.06. The van der Waals surface area contributed by atoms with Gasteiger partial charge >= 0.3 is 0 Å². The highest BCUT2D eigenvalue weighted by atomic mass is 32.1. The standard InChI is InChI=1S/C13H23N5S/c1-10(2)6-18-12(15-9-16-18)8-17-5-3-4-11(7-17)13(14)19/h9-11H,3-8H2,1-2H3,(H2,14,19). The number of hydrogen-bond donors (Lipinski definition) is 1. The number of rotatable bonds is 5. The van der Waals surface area contributed by atoms with Crippen molar-refractivity contribution in [3.63, 3.8) is 0 Å². The molecule has 1 aliphatic heterocycles. The van der Waals surface area contributed by atoms with E-state index >= 15 is 0 Å². The van der Waals surface area contributed by atoms with Crippen LogP contribution in [0, 0.1) is 11.8 Å². The fourth-order valence-corrected chi connectivity index (χ4v) is 2.73. The predicted octanol–water partition coefficient (Wildman–Crippen LogP) is 1.43. The van der Waals surface area contributed by atoms with Gasteiger partial charge in [-0.3, -0.25) is 4.90 Å². The van der Waals surface area contributed by atoms with Crippen LogP contribution in [0.3, 0.4) is 0 Å². The molecule has 0 bridgehead atoms. The topological polar surface area (TPSA) is 60.0 Å². The van der Waals surface area contributed by atoms with Crippen molar-refractivity contribution in [3.8, 4) is 0 Å². The van der Waals surface area contributed by atoms with Gasteiger partial charge in [-0.15, -0.1) is 0 Å². The van der Waals surface area contributed by atoms with Crippen LogP contribution in [0.25, 0.3) is 0 Å². The Morgan fingerprint density at radius 1 is 1.58 bits per heavy atom. The maximum absolute atomic E-state index is 5.77. The molecule has 0 amide bonds. The molecular weight excluding hydrogens is 258 g/mol. The van der Waals surface area contributed by atoms with Crippen LogP contribution in [0.5, 0.6) is 0 Å². The summed E-state index contributed by atoms with van der Waals surface area (Å²) in [6.07, 6.45) is 3.91.